The van der Waals surface area contributed by atoms with Crippen molar-refractivity contribution in [2.75, 3.05) is 18.5 Å². The zero-order valence-corrected chi connectivity index (χ0v) is 11.9. The molecule has 0 bridgehead atoms. The highest BCUT2D eigenvalue weighted by atomic mass is 16.6. The number of anilines is 1. The summed E-state index contributed by atoms with van der Waals surface area (Å²) >= 11 is 0. The molecule has 4 atom stereocenters. The number of aromatic nitrogens is 2. The molecule has 0 spiro atoms. The highest BCUT2D eigenvalue weighted by Crippen LogP contribution is 2.38. The minimum Gasteiger partial charge on any atom is -0.458 e. The summed E-state index contributed by atoms with van der Waals surface area (Å²) in [6.45, 7) is -0.587. The Morgan fingerprint density at radius 3 is 2.65 bits per heavy atom. The molecule has 10 nitrogen and oxygen atoms in total. The molecule has 3 heterocycles. The number of hydrogen-bond acceptors (Lipinski definition) is 10. The van der Waals surface area contributed by atoms with Gasteiger partial charge in [-0.2, -0.15) is 0 Å². The van der Waals surface area contributed by atoms with E-state index >= 15 is 0 Å². The van der Waals surface area contributed by atoms with E-state index in [2.05, 4.69) is 15.3 Å². The minimum atomic E-state index is -1.56. The maximum Gasteiger partial charge on any atom is 0.194 e. The van der Waals surface area contributed by atoms with Crippen LogP contribution in [0.2, 0.25) is 0 Å². The quantitative estimate of drug-likeness (QED) is 0.342. The second-order valence-corrected chi connectivity index (χ2v) is 5.21. The van der Waals surface area contributed by atoms with Gasteiger partial charge in [0.15, 0.2) is 17.7 Å². The number of nitrogens with zero attached hydrogens (tertiary/aromatic N) is 2. The molecule has 0 unspecified atom stereocenters. The van der Waals surface area contributed by atoms with E-state index in [-0.39, 0.29) is 17.9 Å². The fourth-order valence-corrected chi connectivity index (χ4v) is 2.54. The molecule has 10 heteroatoms. The van der Waals surface area contributed by atoms with Crippen LogP contribution in [0.3, 0.4) is 0 Å². The smallest absolute Gasteiger partial charge is 0.194 e. The van der Waals surface area contributed by atoms with E-state index in [0.29, 0.717) is 11.1 Å². The summed E-state index contributed by atoms with van der Waals surface area (Å²) in [5, 5.41) is 49.6. The lowest BCUT2D eigenvalue weighted by Crippen LogP contribution is -2.32. The van der Waals surface area contributed by atoms with E-state index < -0.39 is 37.3 Å². The molecule has 1 saturated heterocycles. The largest absolute Gasteiger partial charge is 0.458 e. The first-order valence-electron chi connectivity index (χ1n) is 6.97. The van der Waals surface area contributed by atoms with E-state index in [1.165, 1.54) is 12.6 Å². The van der Waals surface area contributed by atoms with Gasteiger partial charge in [-0.3, -0.25) is 0 Å². The van der Waals surface area contributed by atoms with Crippen LogP contribution in [0.5, 0.6) is 0 Å². The van der Waals surface area contributed by atoms with Crippen LogP contribution in [0, 0.1) is 0 Å². The molecule has 126 valence electrons. The second-order valence-electron chi connectivity index (χ2n) is 5.21. The van der Waals surface area contributed by atoms with Crippen molar-refractivity contribution in [1.29, 1.82) is 0 Å². The van der Waals surface area contributed by atoms with Gasteiger partial charge in [-0.15, -0.1) is 0 Å². The van der Waals surface area contributed by atoms with E-state index in [1.807, 2.05) is 0 Å². The second kappa shape index (κ2) is 6.35. The van der Waals surface area contributed by atoms with Crippen molar-refractivity contribution < 1.29 is 34.7 Å². The molecular weight excluding hydrogens is 310 g/mol. The van der Waals surface area contributed by atoms with E-state index in [4.69, 9.17) is 24.5 Å². The van der Waals surface area contributed by atoms with Crippen molar-refractivity contribution in [3.05, 3.63) is 18.2 Å². The molecule has 2 aromatic rings. The average Bonchev–Trinajstić information content (AvgIpc) is 3.08. The number of furan rings is 1. The van der Waals surface area contributed by atoms with Crippen LogP contribution in [0.1, 0.15) is 11.7 Å². The number of aliphatic hydroxyl groups excluding tert-OH is 4. The zero-order valence-electron chi connectivity index (χ0n) is 11.9. The van der Waals surface area contributed by atoms with Gasteiger partial charge in [0.2, 0.25) is 0 Å². The third kappa shape index (κ3) is 2.87. The Labute approximate surface area is 130 Å². The van der Waals surface area contributed by atoms with Gasteiger partial charge in [-0.25, -0.2) is 9.97 Å². The number of hydrogen-bond donors (Lipinski definition) is 6. The molecule has 1 fully saturated rings. The number of rotatable bonds is 5. The Hall–Kier alpha value is -1.82. The van der Waals surface area contributed by atoms with Crippen molar-refractivity contribution >= 4 is 16.9 Å². The Balaban J connectivity index is 1.93. The lowest BCUT2D eigenvalue weighted by atomic mass is 10.0. The Morgan fingerprint density at radius 2 is 2.00 bits per heavy atom. The first-order valence-corrected chi connectivity index (χ1v) is 6.97. The van der Waals surface area contributed by atoms with E-state index in [9.17, 15) is 10.2 Å². The van der Waals surface area contributed by atoms with Crippen LogP contribution < -0.4 is 5.32 Å². The van der Waals surface area contributed by atoms with Crippen LogP contribution in [0.25, 0.3) is 11.1 Å². The summed E-state index contributed by atoms with van der Waals surface area (Å²) < 4.78 is 10.8. The predicted molar refractivity (Wildman–Crippen MR) is 75.2 cm³/mol. The molecule has 2 aromatic heterocycles. The average molecular weight is 327 g/mol. The van der Waals surface area contributed by atoms with Crippen LogP contribution in [0.15, 0.2) is 17.0 Å². The zero-order chi connectivity index (χ0) is 16.6. The van der Waals surface area contributed by atoms with E-state index in [1.54, 1.807) is 0 Å². The maximum absolute atomic E-state index is 10.1. The van der Waals surface area contributed by atoms with Crippen LogP contribution in [-0.2, 0) is 4.74 Å². The molecule has 3 rings (SSSR count). The lowest BCUT2D eigenvalue weighted by Gasteiger charge is -2.12. The third-order valence-corrected chi connectivity index (χ3v) is 3.68. The molecule has 6 N–H and O–H groups in total. The molecule has 0 radical (unpaired) electrons. The maximum atomic E-state index is 10.1. The summed E-state index contributed by atoms with van der Waals surface area (Å²) in [4.78, 5) is 8.03. The molecule has 0 aromatic carbocycles. The van der Waals surface area contributed by atoms with Gasteiger partial charge in [0.25, 0.3) is 0 Å². The molecule has 1 aliphatic rings. The van der Waals surface area contributed by atoms with Crippen LogP contribution in [0.4, 0.5) is 5.82 Å². The molecule has 0 aliphatic carbocycles. The highest BCUT2D eigenvalue weighted by Gasteiger charge is 2.44. The fourth-order valence-electron chi connectivity index (χ4n) is 2.54. The SMILES string of the molecule is OC[C@H]1O[C@@H](c2coc3c(NCC(O)O)ncnc23)[C@H](O)[C@@H]1O. The third-order valence-electron chi connectivity index (χ3n) is 3.68. The summed E-state index contributed by atoms with van der Waals surface area (Å²) in [6, 6.07) is 0. The summed E-state index contributed by atoms with van der Waals surface area (Å²) in [5.41, 5.74) is 1.00. The van der Waals surface area contributed by atoms with Crippen molar-refractivity contribution in [2.24, 2.45) is 0 Å². The Kier molecular flexibility index (Phi) is 4.43. The van der Waals surface area contributed by atoms with Gasteiger partial charge in [-0.1, -0.05) is 0 Å². The van der Waals surface area contributed by atoms with Gasteiger partial charge in [0.05, 0.1) is 19.4 Å². The van der Waals surface area contributed by atoms with Gasteiger partial charge >= 0.3 is 0 Å². The Morgan fingerprint density at radius 1 is 1.22 bits per heavy atom. The van der Waals surface area contributed by atoms with Crippen molar-refractivity contribution in [2.45, 2.75) is 30.7 Å². The number of fused-ring (bicyclic) bond motifs is 1. The number of nitrogens with one attached hydrogen (secondary N) is 1. The summed E-state index contributed by atoms with van der Waals surface area (Å²) in [7, 11) is 0. The van der Waals surface area contributed by atoms with Crippen LogP contribution in [-0.4, -0.2) is 73.3 Å². The van der Waals surface area contributed by atoms with Gasteiger partial charge in [0.1, 0.15) is 36.3 Å². The highest BCUT2D eigenvalue weighted by molar-refractivity contribution is 5.86. The summed E-state index contributed by atoms with van der Waals surface area (Å²) in [5.74, 6) is 0.251. The number of ether oxygens (including phenoxy) is 1. The van der Waals surface area contributed by atoms with Crippen LogP contribution >= 0.6 is 0 Å². The van der Waals surface area contributed by atoms with Crippen molar-refractivity contribution in [3.8, 4) is 0 Å². The molecule has 0 saturated carbocycles. The summed E-state index contributed by atoms with van der Waals surface area (Å²) in [6.07, 6.45) is -3.26. The normalized spacial score (nSPS) is 27.9. The minimum absolute atomic E-state index is 0.157. The fraction of sp³-hybridized carbons (Fsp3) is 0.538. The Bertz CT molecular complexity index is 677. The van der Waals surface area contributed by atoms with E-state index in [0.717, 1.165) is 0 Å². The van der Waals surface area contributed by atoms with Crippen molar-refractivity contribution in [1.82, 2.24) is 9.97 Å². The standard InChI is InChI=1S/C13H17N3O7/c17-2-6-9(20)10(21)11(23-6)5-3-22-12-8(5)15-4-16-13(12)14-1-7(18)19/h3-4,6-7,9-11,17-21H,1-2H2,(H,14,15,16)/t6-,9-,10-,11+/m1/s1. The molecule has 1 aliphatic heterocycles. The number of aliphatic hydroxyl groups is 5. The molecule has 23 heavy (non-hydrogen) atoms. The van der Waals surface area contributed by atoms with Gasteiger partial charge in [0, 0.05) is 5.56 Å². The molecule has 0 amide bonds. The predicted octanol–water partition coefficient (Wildman–Crippen LogP) is -1.90. The van der Waals surface area contributed by atoms with Crippen molar-refractivity contribution in [3.63, 3.8) is 0 Å². The first-order chi connectivity index (χ1) is 11.0. The topological polar surface area (TPSA) is 161 Å². The van der Waals surface area contributed by atoms with Gasteiger partial charge < -0.3 is 40.0 Å². The van der Waals surface area contributed by atoms with Gasteiger partial charge in [-0.05, 0) is 0 Å². The monoisotopic (exact) mass is 327 g/mol. The molecular formula is C13H17N3O7. The lowest BCUT2D eigenvalue weighted by molar-refractivity contribution is -0.0276. The first kappa shape index (κ1) is 16.1.